The third kappa shape index (κ3) is 2.60. The topological polar surface area (TPSA) is 51.2 Å². The van der Waals surface area contributed by atoms with Crippen LogP contribution in [0.2, 0.25) is 0 Å². The van der Waals surface area contributed by atoms with E-state index in [4.69, 9.17) is 0 Å². The summed E-state index contributed by atoms with van der Waals surface area (Å²) < 4.78 is 0. The van der Waals surface area contributed by atoms with Crippen LogP contribution in [0.5, 0.6) is 0 Å². The zero-order chi connectivity index (χ0) is 25.5. The van der Waals surface area contributed by atoms with Gasteiger partial charge in [-0.25, -0.2) is 0 Å². The lowest BCUT2D eigenvalue weighted by Gasteiger charge is -2.44. The van der Waals surface area contributed by atoms with Gasteiger partial charge < -0.3 is 0 Å². The van der Waals surface area contributed by atoms with E-state index in [9.17, 15) is 14.4 Å². The van der Waals surface area contributed by atoms with Gasteiger partial charge >= 0.3 is 0 Å². The van der Waals surface area contributed by atoms with Crippen LogP contribution in [0.15, 0.2) is 120 Å². The normalized spacial score (nSPS) is 18.6. The number of benzene rings is 5. The van der Waals surface area contributed by atoms with Crippen LogP contribution in [0.1, 0.15) is 70.7 Å². The van der Waals surface area contributed by atoms with E-state index in [1.807, 2.05) is 66.7 Å². The van der Waals surface area contributed by atoms with Gasteiger partial charge in [-0.1, -0.05) is 103 Å². The van der Waals surface area contributed by atoms with Crippen LogP contribution in [0.3, 0.4) is 0 Å². The molecule has 5 aromatic carbocycles. The Kier molecular flexibility index (Phi) is 4.22. The summed E-state index contributed by atoms with van der Waals surface area (Å²) in [7, 11) is 0. The molecule has 2 bridgehead atoms. The van der Waals surface area contributed by atoms with E-state index in [1.54, 1.807) is 18.2 Å². The molecule has 0 unspecified atom stereocenters. The second kappa shape index (κ2) is 7.56. The molecule has 0 amide bonds. The molecule has 0 aliphatic heterocycles. The standard InChI is InChI=1S/C35H20O3/c36-33(19-10-2-1-3-11-19)29-21-13-5-4-12-20(21)18-26-30(29)35(38)32-28-24-16-8-6-14-22(24)27(31(32)34(26)37)23-15-7-9-17-25(23)28/h1-18,27-28H. The Bertz CT molecular complexity index is 1880. The fourth-order valence-corrected chi connectivity index (χ4v) is 6.86. The third-order valence-electron chi connectivity index (χ3n) is 8.38. The van der Waals surface area contributed by atoms with E-state index in [-0.39, 0.29) is 34.7 Å². The molecular weight excluding hydrogens is 468 g/mol. The van der Waals surface area contributed by atoms with Crippen molar-refractivity contribution in [2.75, 3.05) is 0 Å². The highest BCUT2D eigenvalue weighted by molar-refractivity contribution is 6.35. The molecule has 0 heterocycles. The van der Waals surface area contributed by atoms with E-state index in [1.165, 1.54) is 0 Å². The van der Waals surface area contributed by atoms with E-state index < -0.39 is 0 Å². The fourth-order valence-electron chi connectivity index (χ4n) is 6.86. The van der Waals surface area contributed by atoms with Crippen LogP contribution in [-0.4, -0.2) is 17.3 Å². The molecule has 0 saturated carbocycles. The number of hydrogen-bond donors (Lipinski definition) is 0. The molecule has 5 aromatic rings. The van der Waals surface area contributed by atoms with Crippen LogP contribution in [0.25, 0.3) is 10.8 Å². The summed E-state index contributed by atoms with van der Waals surface area (Å²) in [6, 6.07) is 34.6. The average molecular weight is 489 g/mol. The first-order valence-corrected chi connectivity index (χ1v) is 12.8. The molecule has 0 saturated heterocycles. The first-order chi connectivity index (χ1) is 18.6. The maximum Gasteiger partial charge on any atom is 0.194 e. The number of carbonyl (C=O) groups excluding carboxylic acids is 3. The highest BCUT2D eigenvalue weighted by Gasteiger charge is 2.50. The smallest absolute Gasteiger partial charge is 0.194 e. The second-order valence-corrected chi connectivity index (χ2v) is 10.2. The van der Waals surface area contributed by atoms with Gasteiger partial charge in [0, 0.05) is 45.2 Å². The van der Waals surface area contributed by atoms with Crippen molar-refractivity contribution in [1.82, 2.24) is 0 Å². The van der Waals surface area contributed by atoms with Crippen molar-refractivity contribution in [3.8, 4) is 0 Å². The Morgan fingerprint density at radius 3 is 1.66 bits per heavy atom. The summed E-state index contributed by atoms with van der Waals surface area (Å²) in [6.07, 6.45) is 0. The lowest BCUT2D eigenvalue weighted by Crippen LogP contribution is -2.38. The van der Waals surface area contributed by atoms with Crippen molar-refractivity contribution < 1.29 is 14.4 Å². The minimum absolute atomic E-state index is 0.151. The molecule has 0 fully saturated rings. The van der Waals surface area contributed by atoms with E-state index in [2.05, 4.69) is 24.3 Å². The maximum absolute atomic E-state index is 14.6. The Morgan fingerprint density at radius 2 is 1.05 bits per heavy atom. The van der Waals surface area contributed by atoms with Gasteiger partial charge in [0.1, 0.15) is 0 Å². The average Bonchev–Trinajstić information content (AvgIpc) is 2.98. The van der Waals surface area contributed by atoms with Crippen molar-refractivity contribution in [3.05, 3.63) is 165 Å². The monoisotopic (exact) mass is 488 g/mol. The maximum atomic E-state index is 14.6. The highest BCUT2D eigenvalue weighted by atomic mass is 16.1. The number of Topliss-reactive ketones (excluding diaryl/α,β-unsaturated/α-hetero) is 2. The molecule has 3 heteroatoms. The molecule has 0 atom stereocenters. The van der Waals surface area contributed by atoms with E-state index >= 15 is 0 Å². The molecule has 0 N–H and O–H groups in total. The van der Waals surface area contributed by atoms with Crippen LogP contribution >= 0.6 is 0 Å². The quantitative estimate of drug-likeness (QED) is 0.251. The number of hydrogen-bond acceptors (Lipinski definition) is 3. The minimum Gasteiger partial charge on any atom is -0.289 e. The number of rotatable bonds is 2. The lowest BCUT2D eigenvalue weighted by molar-refractivity contribution is 0.0957. The van der Waals surface area contributed by atoms with E-state index in [0.717, 1.165) is 27.6 Å². The summed E-state index contributed by atoms with van der Waals surface area (Å²) in [5.74, 6) is -1.24. The second-order valence-electron chi connectivity index (χ2n) is 10.2. The molecule has 0 spiro atoms. The number of carbonyl (C=O) groups is 3. The van der Waals surface area contributed by atoms with Gasteiger partial charge in [-0.15, -0.1) is 0 Å². The van der Waals surface area contributed by atoms with Crippen molar-refractivity contribution in [3.63, 3.8) is 0 Å². The summed E-state index contributed by atoms with van der Waals surface area (Å²) in [4.78, 5) is 43.1. The highest BCUT2D eigenvalue weighted by Crippen LogP contribution is 2.58. The Hall–Kier alpha value is -4.89. The number of fused-ring (bicyclic) bond motifs is 2. The van der Waals surface area contributed by atoms with Crippen LogP contribution in [-0.2, 0) is 0 Å². The van der Waals surface area contributed by atoms with Gasteiger partial charge in [0.15, 0.2) is 17.3 Å². The number of ketones is 3. The molecule has 4 aliphatic rings. The van der Waals surface area contributed by atoms with Crippen LogP contribution in [0.4, 0.5) is 0 Å². The largest absolute Gasteiger partial charge is 0.289 e. The van der Waals surface area contributed by atoms with Crippen LogP contribution in [0, 0.1) is 0 Å². The van der Waals surface area contributed by atoms with Crippen molar-refractivity contribution in [1.29, 1.82) is 0 Å². The lowest BCUT2D eigenvalue weighted by atomic mass is 9.57. The van der Waals surface area contributed by atoms with Gasteiger partial charge in [-0.3, -0.25) is 14.4 Å². The first-order valence-electron chi connectivity index (χ1n) is 12.8. The Balaban J connectivity index is 1.45. The SMILES string of the molecule is O=C1C2=C(C(=O)c3c1cc1ccccc1c3C(=O)c1ccccc1)C1c3ccccc3C2c2ccccc21. The zero-order valence-electron chi connectivity index (χ0n) is 20.3. The van der Waals surface area contributed by atoms with Gasteiger partial charge in [-0.05, 0) is 39.1 Å². The summed E-state index contributed by atoms with van der Waals surface area (Å²) in [6.45, 7) is 0. The van der Waals surface area contributed by atoms with Gasteiger partial charge in [0.05, 0.1) is 0 Å². The molecule has 9 rings (SSSR count). The van der Waals surface area contributed by atoms with Gasteiger partial charge in [-0.2, -0.15) is 0 Å². The summed E-state index contributed by atoms with van der Waals surface area (Å²) in [5, 5.41) is 1.46. The molecular formula is C35H20O3. The molecule has 0 aromatic heterocycles. The fraction of sp³-hybridized carbons (Fsp3) is 0.0571. The van der Waals surface area contributed by atoms with Crippen molar-refractivity contribution in [2.24, 2.45) is 0 Å². The zero-order valence-corrected chi connectivity index (χ0v) is 20.3. The Morgan fingerprint density at radius 1 is 0.553 bits per heavy atom. The molecule has 4 aliphatic carbocycles. The first kappa shape index (κ1) is 21.2. The summed E-state index contributed by atoms with van der Waals surface area (Å²) >= 11 is 0. The molecule has 178 valence electrons. The number of allylic oxidation sites excluding steroid dienone is 2. The van der Waals surface area contributed by atoms with Crippen LogP contribution < -0.4 is 0 Å². The van der Waals surface area contributed by atoms with Crippen molar-refractivity contribution in [2.45, 2.75) is 11.8 Å². The van der Waals surface area contributed by atoms with Gasteiger partial charge in [0.25, 0.3) is 0 Å². The van der Waals surface area contributed by atoms with Crippen molar-refractivity contribution >= 4 is 28.1 Å². The molecule has 38 heavy (non-hydrogen) atoms. The molecule has 0 radical (unpaired) electrons. The Labute approximate surface area is 219 Å². The third-order valence-corrected chi connectivity index (χ3v) is 8.38. The predicted molar refractivity (Wildman–Crippen MR) is 146 cm³/mol. The predicted octanol–water partition coefficient (Wildman–Crippen LogP) is 7.04. The minimum atomic E-state index is -0.335. The van der Waals surface area contributed by atoms with Gasteiger partial charge in [0.2, 0.25) is 0 Å². The summed E-state index contributed by atoms with van der Waals surface area (Å²) in [5.41, 5.74) is 6.78. The van der Waals surface area contributed by atoms with E-state index in [0.29, 0.717) is 33.2 Å². The molecule has 3 nitrogen and oxygen atoms in total.